The van der Waals surface area contributed by atoms with Crippen molar-refractivity contribution in [2.45, 2.75) is 70.5 Å². The quantitative estimate of drug-likeness (QED) is 0.553. The van der Waals surface area contributed by atoms with Crippen LogP contribution in [0.5, 0.6) is 5.75 Å². The lowest BCUT2D eigenvalue weighted by Crippen LogP contribution is -2.56. The summed E-state index contributed by atoms with van der Waals surface area (Å²) < 4.78 is 19.5. The van der Waals surface area contributed by atoms with Crippen LogP contribution in [-0.4, -0.2) is 67.5 Å². The van der Waals surface area contributed by atoms with Gasteiger partial charge in [0, 0.05) is 26.6 Å². The number of nitrogens with one attached hydrogen (secondary N) is 3. The van der Waals surface area contributed by atoms with E-state index in [1.165, 1.54) is 17.0 Å². The Hall–Kier alpha value is -3.46. The molecule has 9 heteroatoms. The van der Waals surface area contributed by atoms with Crippen LogP contribution in [0.15, 0.2) is 48.5 Å². The molecule has 0 saturated heterocycles. The van der Waals surface area contributed by atoms with Crippen LogP contribution in [0.3, 0.4) is 0 Å². The van der Waals surface area contributed by atoms with E-state index in [1.54, 1.807) is 26.1 Å². The van der Waals surface area contributed by atoms with Crippen molar-refractivity contribution in [1.29, 1.82) is 0 Å². The molecule has 0 fully saturated rings. The van der Waals surface area contributed by atoms with Gasteiger partial charge >= 0.3 is 0 Å². The minimum atomic E-state index is -0.886. The van der Waals surface area contributed by atoms with E-state index in [-0.39, 0.29) is 30.0 Å². The summed E-state index contributed by atoms with van der Waals surface area (Å²) in [6, 6.07) is 11.5. The van der Waals surface area contributed by atoms with E-state index in [0.717, 1.165) is 17.7 Å². The second-order valence-electron chi connectivity index (χ2n) is 10.2. The third-order valence-corrected chi connectivity index (χ3v) is 7.25. The summed E-state index contributed by atoms with van der Waals surface area (Å²) in [4.78, 5) is 41.2. The van der Waals surface area contributed by atoms with E-state index in [1.807, 2.05) is 31.2 Å². The van der Waals surface area contributed by atoms with Crippen molar-refractivity contribution in [3.63, 3.8) is 0 Å². The number of carbonyl (C=O) groups excluding carboxylic acids is 3. The summed E-state index contributed by atoms with van der Waals surface area (Å²) in [5, 5.41) is 9.07. The molecule has 2 aromatic rings. The van der Waals surface area contributed by atoms with Crippen molar-refractivity contribution in [2.75, 3.05) is 26.7 Å². The Balaban J connectivity index is 1.86. The van der Waals surface area contributed by atoms with Crippen LogP contribution < -0.4 is 20.7 Å². The molecule has 1 aliphatic rings. The summed E-state index contributed by atoms with van der Waals surface area (Å²) in [6.07, 6.45) is 2.27. The highest BCUT2D eigenvalue weighted by molar-refractivity contribution is 5.92. The van der Waals surface area contributed by atoms with Gasteiger partial charge in [0.05, 0.1) is 6.04 Å². The number of nitrogens with zero attached hydrogens (tertiary/aromatic N) is 1. The zero-order chi connectivity index (χ0) is 28.4. The number of amides is 3. The maximum absolute atomic E-state index is 13.5. The predicted octanol–water partition coefficient (Wildman–Crippen LogP) is 3.16. The van der Waals surface area contributed by atoms with E-state index in [2.05, 4.69) is 22.9 Å². The molecule has 0 spiro atoms. The van der Waals surface area contributed by atoms with Crippen LogP contribution in [0.4, 0.5) is 4.39 Å². The van der Waals surface area contributed by atoms with E-state index >= 15 is 0 Å². The van der Waals surface area contributed by atoms with Crippen molar-refractivity contribution < 1.29 is 23.5 Å². The normalized spacial score (nSPS) is 24.0. The van der Waals surface area contributed by atoms with Gasteiger partial charge in [-0.2, -0.15) is 0 Å². The average molecular weight is 541 g/mol. The van der Waals surface area contributed by atoms with Gasteiger partial charge in [0.1, 0.15) is 30.3 Å². The molecular weight excluding hydrogens is 499 g/mol. The molecule has 3 rings (SSSR count). The Morgan fingerprint density at radius 2 is 1.69 bits per heavy atom. The Morgan fingerprint density at radius 1 is 0.974 bits per heavy atom. The second-order valence-corrected chi connectivity index (χ2v) is 10.2. The Kier molecular flexibility index (Phi) is 11.3. The lowest BCUT2D eigenvalue weighted by atomic mass is 9.96. The number of hydrogen-bond donors (Lipinski definition) is 3. The molecule has 0 saturated carbocycles. The Morgan fingerprint density at radius 3 is 2.41 bits per heavy atom. The molecule has 39 heavy (non-hydrogen) atoms. The SMILES string of the molecule is CCC[C@@H]1NCCOc2ccccc2C(C)CCNC(=O)[C@@H](Cc2ccc(F)cc2)NC(=O)[C@@H](C)N(C)C1=O. The van der Waals surface area contributed by atoms with Gasteiger partial charge in [-0.25, -0.2) is 4.39 Å². The first kappa shape index (κ1) is 30.1. The van der Waals surface area contributed by atoms with Crippen molar-refractivity contribution in [3.05, 3.63) is 65.5 Å². The van der Waals surface area contributed by atoms with Gasteiger partial charge in [0.2, 0.25) is 17.7 Å². The van der Waals surface area contributed by atoms with E-state index in [9.17, 15) is 18.8 Å². The molecule has 1 aliphatic heterocycles. The number of benzene rings is 2. The highest BCUT2D eigenvalue weighted by Gasteiger charge is 2.30. The minimum Gasteiger partial charge on any atom is -0.492 e. The maximum atomic E-state index is 13.5. The Bertz CT molecular complexity index is 1110. The van der Waals surface area contributed by atoms with Crippen LogP contribution in [0, 0.1) is 5.82 Å². The van der Waals surface area contributed by atoms with E-state index < -0.39 is 24.0 Å². The summed E-state index contributed by atoms with van der Waals surface area (Å²) in [6.45, 7) is 6.99. The highest BCUT2D eigenvalue weighted by atomic mass is 19.1. The molecule has 1 heterocycles. The van der Waals surface area contributed by atoms with Crippen LogP contribution >= 0.6 is 0 Å². The smallest absolute Gasteiger partial charge is 0.243 e. The van der Waals surface area contributed by atoms with Crippen molar-refractivity contribution in [3.8, 4) is 5.75 Å². The fourth-order valence-electron chi connectivity index (χ4n) is 4.68. The molecule has 4 atom stereocenters. The number of hydrogen-bond acceptors (Lipinski definition) is 5. The van der Waals surface area contributed by atoms with Crippen molar-refractivity contribution in [2.24, 2.45) is 0 Å². The first-order valence-electron chi connectivity index (χ1n) is 13.8. The number of halogens is 1. The zero-order valence-electron chi connectivity index (χ0n) is 23.3. The van der Waals surface area contributed by atoms with Crippen LogP contribution in [0.1, 0.15) is 57.1 Å². The summed E-state index contributed by atoms with van der Waals surface area (Å²) in [7, 11) is 1.60. The third kappa shape index (κ3) is 8.51. The van der Waals surface area contributed by atoms with Crippen LogP contribution in [0.25, 0.3) is 0 Å². The molecule has 3 N–H and O–H groups in total. The first-order valence-corrected chi connectivity index (χ1v) is 13.8. The molecule has 0 radical (unpaired) electrons. The average Bonchev–Trinajstić information content (AvgIpc) is 2.93. The summed E-state index contributed by atoms with van der Waals surface area (Å²) in [5.74, 6) is -0.452. The van der Waals surface area contributed by atoms with Crippen molar-refractivity contribution in [1.82, 2.24) is 20.9 Å². The number of fused-ring (bicyclic) bond motifs is 1. The predicted molar refractivity (Wildman–Crippen MR) is 149 cm³/mol. The minimum absolute atomic E-state index is 0.113. The lowest BCUT2D eigenvalue weighted by Gasteiger charge is -2.30. The second kappa shape index (κ2) is 14.6. The topological polar surface area (TPSA) is 99.8 Å². The van der Waals surface area contributed by atoms with Crippen LogP contribution in [-0.2, 0) is 20.8 Å². The fraction of sp³-hybridized carbons (Fsp3) is 0.500. The van der Waals surface area contributed by atoms with E-state index in [0.29, 0.717) is 38.1 Å². The van der Waals surface area contributed by atoms with Crippen LogP contribution in [0.2, 0.25) is 0 Å². The molecule has 0 bridgehead atoms. The number of carbonyl (C=O) groups is 3. The maximum Gasteiger partial charge on any atom is 0.243 e. The molecule has 1 unspecified atom stereocenters. The summed E-state index contributed by atoms with van der Waals surface area (Å²) in [5.41, 5.74) is 1.75. The molecule has 212 valence electrons. The number of rotatable bonds is 4. The third-order valence-electron chi connectivity index (χ3n) is 7.25. The summed E-state index contributed by atoms with van der Waals surface area (Å²) >= 11 is 0. The first-order chi connectivity index (χ1) is 18.7. The zero-order valence-corrected chi connectivity index (χ0v) is 23.3. The largest absolute Gasteiger partial charge is 0.492 e. The Labute approximate surface area is 230 Å². The monoisotopic (exact) mass is 540 g/mol. The molecule has 2 aromatic carbocycles. The van der Waals surface area contributed by atoms with Gasteiger partial charge in [-0.3, -0.25) is 14.4 Å². The molecule has 8 nitrogen and oxygen atoms in total. The van der Waals surface area contributed by atoms with Gasteiger partial charge < -0.3 is 25.6 Å². The lowest BCUT2D eigenvalue weighted by molar-refractivity contribution is -0.141. The van der Waals surface area contributed by atoms with Crippen molar-refractivity contribution >= 4 is 17.7 Å². The highest BCUT2D eigenvalue weighted by Crippen LogP contribution is 2.28. The number of para-hydroxylation sites is 1. The fourth-order valence-corrected chi connectivity index (χ4v) is 4.68. The molecule has 0 aliphatic carbocycles. The molecule has 0 aromatic heterocycles. The van der Waals surface area contributed by atoms with Gasteiger partial charge in [-0.15, -0.1) is 0 Å². The molecular formula is C30H41FN4O4. The number of likely N-dealkylation sites (N-methyl/N-ethyl adjacent to an activating group) is 1. The standard InChI is InChI=1S/C30H41FN4O4/c1-5-8-25-30(38)35(4)21(3)28(36)34-26(19-22-11-13-23(31)14-12-22)29(37)33-16-15-20(2)24-9-6-7-10-27(24)39-18-17-32-25/h6-7,9-14,20-21,25-26,32H,5,8,15-19H2,1-4H3,(H,33,37)(H,34,36)/t20?,21-,25+,26-/m1/s1. The van der Waals surface area contributed by atoms with Gasteiger partial charge in [-0.1, -0.05) is 50.6 Å². The number of ether oxygens (including phenoxy) is 1. The van der Waals surface area contributed by atoms with Gasteiger partial charge in [0.25, 0.3) is 0 Å². The molecule has 3 amide bonds. The van der Waals surface area contributed by atoms with Gasteiger partial charge in [-0.05, 0) is 55.0 Å². The van der Waals surface area contributed by atoms with Gasteiger partial charge in [0.15, 0.2) is 0 Å². The van der Waals surface area contributed by atoms with E-state index in [4.69, 9.17) is 4.74 Å².